The Labute approximate surface area is 112 Å². The summed E-state index contributed by atoms with van der Waals surface area (Å²) in [6.45, 7) is 3.50. The second-order valence-electron chi connectivity index (χ2n) is 4.25. The molecule has 0 aliphatic carbocycles. The molecule has 1 aromatic heterocycles. The van der Waals surface area contributed by atoms with E-state index in [1.165, 1.54) is 16.7 Å². The van der Waals surface area contributed by atoms with Crippen molar-refractivity contribution in [3.63, 3.8) is 0 Å². The Hall–Kier alpha value is -2.09. The Morgan fingerprint density at radius 1 is 1.58 bits per heavy atom. The number of nitrogens with zero attached hydrogens (tertiary/aromatic N) is 3. The fourth-order valence-corrected chi connectivity index (χ4v) is 3.58. The second kappa shape index (κ2) is 3.95. The highest BCUT2D eigenvalue weighted by molar-refractivity contribution is 8.04. The first kappa shape index (κ1) is 12.0. The molecule has 1 amide bonds. The first-order valence-corrected chi connectivity index (χ1v) is 6.42. The molecule has 1 saturated heterocycles. The maximum Gasteiger partial charge on any atom is 0.353 e. The number of allylic oxidation sites excluding steroid dienone is 2. The second-order valence-corrected chi connectivity index (χ2v) is 5.55. The minimum absolute atomic E-state index is 0.0803. The number of carboxylic acids is 1. The number of H-pyrrole nitrogens is 1. The van der Waals surface area contributed by atoms with Crippen LogP contribution in [0.5, 0.6) is 0 Å². The van der Waals surface area contributed by atoms with Gasteiger partial charge >= 0.3 is 5.97 Å². The number of fused-ring (bicyclic) bond motifs is 1. The lowest BCUT2D eigenvalue weighted by Gasteiger charge is -2.38. The lowest BCUT2D eigenvalue weighted by Crippen LogP contribution is -2.51. The van der Waals surface area contributed by atoms with Crippen LogP contribution in [-0.4, -0.2) is 42.7 Å². The highest BCUT2D eigenvalue weighted by Crippen LogP contribution is 2.50. The SMILES string of the molecule is CC1=C(C(=O)O)N2C(=O)/C(=C(\C)c3c[nH]nn3)[C@H]2S1. The normalized spacial score (nSPS) is 24.4. The minimum Gasteiger partial charge on any atom is -0.477 e. The summed E-state index contributed by atoms with van der Waals surface area (Å²) in [5.41, 5.74) is 2.00. The van der Waals surface area contributed by atoms with Crippen LogP contribution in [0.1, 0.15) is 19.5 Å². The van der Waals surface area contributed by atoms with Crippen molar-refractivity contribution in [2.24, 2.45) is 0 Å². The van der Waals surface area contributed by atoms with Crippen LogP contribution < -0.4 is 0 Å². The summed E-state index contributed by atoms with van der Waals surface area (Å²) < 4.78 is 0. The van der Waals surface area contributed by atoms with E-state index in [2.05, 4.69) is 15.4 Å². The molecule has 1 fully saturated rings. The van der Waals surface area contributed by atoms with Crippen LogP contribution in [0, 0.1) is 0 Å². The standard InChI is InChI=1S/C11H10N4O3S/c1-4(6-3-12-14-13-6)7-9(16)15-8(11(17)18)5(2)19-10(7)15/h3,10H,1-2H3,(H,17,18)(H,12,13,14)/b7-4-/t10-/m1/s1. The molecule has 19 heavy (non-hydrogen) atoms. The summed E-state index contributed by atoms with van der Waals surface area (Å²) in [7, 11) is 0. The van der Waals surface area contributed by atoms with Gasteiger partial charge < -0.3 is 5.11 Å². The van der Waals surface area contributed by atoms with Crippen LogP contribution in [0.2, 0.25) is 0 Å². The molecule has 0 aromatic carbocycles. The largest absolute Gasteiger partial charge is 0.477 e. The van der Waals surface area contributed by atoms with Gasteiger partial charge in [-0.1, -0.05) is 17.0 Å². The highest BCUT2D eigenvalue weighted by Gasteiger charge is 2.52. The van der Waals surface area contributed by atoms with Crippen LogP contribution in [0.4, 0.5) is 0 Å². The molecule has 0 radical (unpaired) electrons. The van der Waals surface area contributed by atoms with Crippen molar-refractivity contribution >= 4 is 29.2 Å². The van der Waals surface area contributed by atoms with Gasteiger partial charge in [0, 0.05) is 11.1 Å². The highest BCUT2D eigenvalue weighted by atomic mass is 32.2. The first-order chi connectivity index (χ1) is 9.02. The quantitative estimate of drug-likeness (QED) is 0.613. The molecule has 0 spiro atoms. The molecule has 0 unspecified atom stereocenters. The topological polar surface area (TPSA) is 99.2 Å². The zero-order valence-electron chi connectivity index (χ0n) is 10.2. The van der Waals surface area contributed by atoms with E-state index in [0.29, 0.717) is 16.2 Å². The van der Waals surface area contributed by atoms with Crippen LogP contribution in [0.25, 0.3) is 5.57 Å². The van der Waals surface area contributed by atoms with E-state index in [1.54, 1.807) is 20.0 Å². The number of hydrogen-bond donors (Lipinski definition) is 2. The average Bonchev–Trinajstić information content (AvgIpc) is 2.95. The van der Waals surface area contributed by atoms with Gasteiger partial charge in [-0.15, -0.1) is 5.10 Å². The Kier molecular flexibility index (Phi) is 2.49. The van der Waals surface area contributed by atoms with E-state index in [-0.39, 0.29) is 17.0 Å². The summed E-state index contributed by atoms with van der Waals surface area (Å²) in [6, 6.07) is 0. The molecule has 2 aliphatic heterocycles. The number of rotatable bonds is 2. The third kappa shape index (κ3) is 1.53. The Bertz CT molecular complexity index is 647. The predicted octanol–water partition coefficient (Wildman–Crippen LogP) is 0.809. The molecule has 2 aliphatic rings. The summed E-state index contributed by atoms with van der Waals surface area (Å²) >= 11 is 1.38. The number of nitrogens with one attached hydrogen (secondary N) is 1. The van der Waals surface area contributed by atoms with E-state index in [4.69, 9.17) is 5.11 Å². The molecule has 0 saturated carbocycles. The van der Waals surface area contributed by atoms with Crippen molar-refractivity contribution in [1.29, 1.82) is 0 Å². The third-order valence-corrected chi connectivity index (χ3v) is 4.42. The van der Waals surface area contributed by atoms with Crippen molar-refractivity contribution in [3.8, 4) is 0 Å². The van der Waals surface area contributed by atoms with Gasteiger partial charge in [0.25, 0.3) is 5.91 Å². The number of carbonyl (C=O) groups is 2. The summed E-state index contributed by atoms with van der Waals surface area (Å²) in [4.78, 5) is 25.3. The van der Waals surface area contributed by atoms with Crippen LogP contribution >= 0.6 is 11.8 Å². The molecular formula is C11H10N4O3S. The molecular weight excluding hydrogens is 268 g/mol. The van der Waals surface area contributed by atoms with Gasteiger partial charge in [0.1, 0.15) is 16.8 Å². The number of β-lactam (4-membered cyclic amide) rings is 1. The molecule has 98 valence electrons. The van der Waals surface area contributed by atoms with E-state index < -0.39 is 5.97 Å². The van der Waals surface area contributed by atoms with Crippen LogP contribution in [0.15, 0.2) is 22.4 Å². The van der Waals surface area contributed by atoms with Gasteiger partial charge in [0.2, 0.25) is 0 Å². The van der Waals surface area contributed by atoms with Crippen molar-refractivity contribution in [3.05, 3.63) is 28.1 Å². The van der Waals surface area contributed by atoms with Gasteiger partial charge in [0.05, 0.1) is 5.57 Å². The third-order valence-electron chi connectivity index (χ3n) is 3.20. The minimum atomic E-state index is -1.07. The number of aromatic nitrogens is 3. The molecule has 0 bridgehead atoms. The van der Waals surface area contributed by atoms with Crippen molar-refractivity contribution in [2.75, 3.05) is 0 Å². The number of aliphatic carboxylic acids is 1. The Morgan fingerprint density at radius 3 is 2.89 bits per heavy atom. The van der Waals surface area contributed by atoms with Crippen LogP contribution in [-0.2, 0) is 9.59 Å². The molecule has 8 heteroatoms. The lowest BCUT2D eigenvalue weighted by atomic mass is 9.97. The average molecular weight is 278 g/mol. The van der Waals surface area contributed by atoms with Gasteiger partial charge in [-0.2, -0.15) is 0 Å². The monoisotopic (exact) mass is 278 g/mol. The van der Waals surface area contributed by atoms with E-state index in [1.807, 2.05) is 0 Å². The van der Waals surface area contributed by atoms with Gasteiger partial charge in [0.15, 0.2) is 0 Å². The molecule has 7 nitrogen and oxygen atoms in total. The number of carbonyl (C=O) groups excluding carboxylic acids is 1. The van der Waals surface area contributed by atoms with Gasteiger partial charge in [-0.05, 0) is 19.4 Å². The number of thioether (sulfide) groups is 1. The fraction of sp³-hybridized carbons (Fsp3) is 0.273. The summed E-state index contributed by atoms with van der Waals surface area (Å²) in [6.07, 6.45) is 1.61. The van der Waals surface area contributed by atoms with E-state index in [9.17, 15) is 9.59 Å². The summed E-state index contributed by atoms with van der Waals surface area (Å²) in [5.74, 6) is -1.34. The summed E-state index contributed by atoms with van der Waals surface area (Å²) in [5, 5.41) is 18.9. The Morgan fingerprint density at radius 2 is 2.32 bits per heavy atom. The zero-order chi connectivity index (χ0) is 13.7. The number of carboxylic acid groups (broad SMARTS) is 1. The number of aromatic amines is 1. The number of amides is 1. The maximum absolute atomic E-state index is 12.1. The molecule has 1 atom stereocenters. The van der Waals surface area contributed by atoms with Crippen molar-refractivity contribution in [1.82, 2.24) is 20.3 Å². The lowest BCUT2D eigenvalue weighted by molar-refractivity contribution is -0.141. The van der Waals surface area contributed by atoms with E-state index in [0.717, 1.165) is 5.57 Å². The fourth-order valence-electron chi connectivity index (χ4n) is 2.25. The zero-order valence-corrected chi connectivity index (χ0v) is 11.0. The molecule has 2 N–H and O–H groups in total. The van der Waals surface area contributed by atoms with E-state index >= 15 is 0 Å². The predicted molar refractivity (Wildman–Crippen MR) is 67.5 cm³/mol. The number of hydrogen-bond acceptors (Lipinski definition) is 5. The smallest absolute Gasteiger partial charge is 0.353 e. The first-order valence-electron chi connectivity index (χ1n) is 5.54. The molecule has 1 aromatic rings. The van der Waals surface area contributed by atoms with Crippen molar-refractivity contribution in [2.45, 2.75) is 19.2 Å². The van der Waals surface area contributed by atoms with Gasteiger partial charge in [-0.25, -0.2) is 4.79 Å². The van der Waals surface area contributed by atoms with Gasteiger partial charge in [-0.3, -0.25) is 14.8 Å². The maximum atomic E-state index is 12.1. The molecule has 3 rings (SSSR count). The molecule has 3 heterocycles. The Balaban J connectivity index is 1.99. The van der Waals surface area contributed by atoms with Crippen LogP contribution in [0.3, 0.4) is 0 Å². The van der Waals surface area contributed by atoms with Crippen molar-refractivity contribution < 1.29 is 14.7 Å².